The van der Waals surface area contributed by atoms with Crippen molar-refractivity contribution in [1.29, 1.82) is 0 Å². The van der Waals surface area contributed by atoms with Crippen LogP contribution < -0.4 is 16.2 Å². The van der Waals surface area contributed by atoms with Crippen LogP contribution in [0, 0.1) is 6.92 Å². The molecule has 1 atom stereocenters. The molecule has 1 aromatic rings. The third kappa shape index (κ3) is 1.25. The minimum absolute atomic E-state index is 0.0762. The zero-order chi connectivity index (χ0) is 9.42. The largest absolute Gasteiger partial charge is 0.491 e. The van der Waals surface area contributed by atoms with Gasteiger partial charge in [0.2, 0.25) is 0 Å². The summed E-state index contributed by atoms with van der Waals surface area (Å²) in [7, 11) is 0. The number of benzene rings is 1. The molecule has 1 heterocycles. The summed E-state index contributed by atoms with van der Waals surface area (Å²) in [5, 5.41) is 0. The van der Waals surface area contributed by atoms with Gasteiger partial charge in [0.25, 0.3) is 0 Å². The Morgan fingerprint density at radius 2 is 2.23 bits per heavy atom. The third-order valence-electron chi connectivity index (χ3n) is 2.49. The van der Waals surface area contributed by atoms with Crippen molar-refractivity contribution < 1.29 is 4.74 Å². The smallest absolute Gasteiger partial charge is 0.147 e. The van der Waals surface area contributed by atoms with Gasteiger partial charge in [0.1, 0.15) is 5.75 Å². The van der Waals surface area contributed by atoms with E-state index in [0.29, 0.717) is 12.3 Å². The van der Waals surface area contributed by atoms with Crippen LogP contribution in [-0.4, -0.2) is 6.61 Å². The maximum absolute atomic E-state index is 5.98. The van der Waals surface area contributed by atoms with Crippen LogP contribution in [-0.2, 0) is 0 Å². The molecule has 0 bridgehead atoms. The third-order valence-corrected chi connectivity index (χ3v) is 2.49. The molecule has 3 nitrogen and oxygen atoms in total. The Balaban J connectivity index is 2.60. The van der Waals surface area contributed by atoms with Crippen molar-refractivity contribution in [3.63, 3.8) is 0 Å². The number of ether oxygens (including phenoxy) is 1. The standard InChI is InChI=1S/C10H14N2O/c1-6-2-3-8(12)10-9(6)7(11)4-5-13-10/h2-3,7H,4-5,11-12H2,1H3/t7-/m1/s1. The molecule has 0 aliphatic carbocycles. The average Bonchev–Trinajstić information content (AvgIpc) is 2.12. The van der Waals surface area contributed by atoms with Gasteiger partial charge in [-0.05, 0) is 18.6 Å². The van der Waals surface area contributed by atoms with Gasteiger partial charge in [-0.1, -0.05) is 6.07 Å². The second-order valence-corrected chi connectivity index (χ2v) is 3.46. The fourth-order valence-corrected chi connectivity index (χ4v) is 1.77. The Labute approximate surface area is 77.7 Å². The van der Waals surface area contributed by atoms with E-state index in [9.17, 15) is 0 Å². The van der Waals surface area contributed by atoms with E-state index in [4.69, 9.17) is 16.2 Å². The van der Waals surface area contributed by atoms with Gasteiger partial charge in [-0.3, -0.25) is 0 Å². The number of aryl methyl sites for hydroxylation is 1. The number of nitrogens with two attached hydrogens (primary N) is 2. The highest BCUT2D eigenvalue weighted by molar-refractivity contribution is 5.60. The summed E-state index contributed by atoms with van der Waals surface area (Å²) in [5.41, 5.74) is 14.7. The van der Waals surface area contributed by atoms with Gasteiger partial charge in [0, 0.05) is 18.0 Å². The highest BCUT2D eigenvalue weighted by Crippen LogP contribution is 2.37. The fourth-order valence-electron chi connectivity index (χ4n) is 1.77. The zero-order valence-electron chi connectivity index (χ0n) is 7.71. The second-order valence-electron chi connectivity index (χ2n) is 3.46. The molecular formula is C10H14N2O. The molecule has 13 heavy (non-hydrogen) atoms. The minimum atomic E-state index is 0.0762. The first-order valence-corrected chi connectivity index (χ1v) is 4.47. The Bertz CT molecular complexity index is 336. The summed E-state index contributed by atoms with van der Waals surface area (Å²) in [6.45, 7) is 2.70. The summed E-state index contributed by atoms with van der Waals surface area (Å²) in [6, 6.07) is 3.93. The van der Waals surface area contributed by atoms with Crippen LogP contribution in [0.5, 0.6) is 5.75 Å². The molecule has 0 unspecified atom stereocenters. The lowest BCUT2D eigenvalue weighted by Crippen LogP contribution is -2.22. The van der Waals surface area contributed by atoms with Crippen molar-refractivity contribution in [2.24, 2.45) is 5.73 Å². The Morgan fingerprint density at radius 3 is 2.92 bits per heavy atom. The molecule has 2 rings (SSSR count). The molecule has 0 fully saturated rings. The van der Waals surface area contributed by atoms with Crippen LogP contribution in [0.2, 0.25) is 0 Å². The summed E-state index contributed by atoms with van der Waals surface area (Å²) in [5.74, 6) is 0.791. The van der Waals surface area contributed by atoms with Crippen molar-refractivity contribution in [2.75, 3.05) is 12.3 Å². The lowest BCUT2D eigenvalue weighted by molar-refractivity contribution is 0.270. The van der Waals surface area contributed by atoms with E-state index in [1.165, 1.54) is 0 Å². The molecule has 1 aromatic carbocycles. The van der Waals surface area contributed by atoms with E-state index in [1.807, 2.05) is 19.1 Å². The highest BCUT2D eigenvalue weighted by Gasteiger charge is 2.21. The quantitative estimate of drug-likeness (QED) is 0.590. The molecule has 70 valence electrons. The van der Waals surface area contributed by atoms with Gasteiger partial charge in [-0.15, -0.1) is 0 Å². The molecule has 0 saturated carbocycles. The van der Waals surface area contributed by atoms with E-state index >= 15 is 0 Å². The zero-order valence-corrected chi connectivity index (χ0v) is 7.71. The van der Waals surface area contributed by atoms with E-state index in [2.05, 4.69) is 0 Å². The second kappa shape index (κ2) is 2.92. The summed E-state index contributed by atoms with van der Waals surface area (Å²) >= 11 is 0. The monoisotopic (exact) mass is 178 g/mol. The van der Waals surface area contributed by atoms with Crippen LogP contribution in [0.25, 0.3) is 0 Å². The first kappa shape index (κ1) is 8.38. The molecule has 0 amide bonds. The van der Waals surface area contributed by atoms with E-state index < -0.39 is 0 Å². The van der Waals surface area contributed by atoms with Gasteiger partial charge in [-0.25, -0.2) is 0 Å². The molecule has 0 aromatic heterocycles. The fraction of sp³-hybridized carbons (Fsp3) is 0.400. The lowest BCUT2D eigenvalue weighted by Gasteiger charge is -2.25. The normalized spacial score (nSPS) is 20.6. The van der Waals surface area contributed by atoms with Crippen molar-refractivity contribution in [3.8, 4) is 5.75 Å². The molecule has 4 N–H and O–H groups in total. The predicted octanol–water partition coefficient (Wildman–Crippen LogP) is 1.36. The number of anilines is 1. The number of hydrogen-bond acceptors (Lipinski definition) is 3. The van der Waals surface area contributed by atoms with Gasteiger partial charge >= 0.3 is 0 Å². The van der Waals surface area contributed by atoms with Crippen LogP contribution in [0.4, 0.5) is 5.69 Å². The van der Waals surface area contributed by atoms with Crippen molar-refractivity contribution >= 4 is 5.69 Å². The van der Waals surface area contributed by atoms with Crippen LogP contribution in [0.15, 0.2) is 12.1 Å². The SMILES string of the molecule is Cc1ccc(N)c2c1[C@H](N)CCO2. The topological polar surface area (TPSA) is 61.3 Å². The molecule has 3 heteroatoms. The highest BCUT2D eigenvalue weighted by atomic mass is 16.5. The Kier molecular flexibility index (Phi) is 1.88. The number of hydrogen-bond donors (Lipinski definition) is 2. The maximum atomic E-state index is 5.98. The van der Waals surface area contributed by atoms with Crippen LogP contribution in [0.3, 0.4) is 0 Å². The number of fused-ring (bicyclic) bond motifs is 1. The number of rotatable bonds is 0. The lowest BCUT2D eigenvalue weighted by atomic mass is 9.96. The summed E-state index contributed by atoms with van der Waals surface area (Å²) in [6.07, 6.45) is 0.872. The molecule has 1 aliphatic rings. The van der Waals surface area contributed by atoms with Gasteiger partial charge < -0.3 is 16.2 Å². The van der Waals surface area contributed by atoms with Crippen molar-refractivity contribution in [3.05, 3.63) is 23.3 Å². The van der Waals surface area contributed by atoms with Crippen LogP contribution >= 0.6 is 0 Å². The molecular weight excluding hydrogens is 164 g/mol. The Hall–Kier alpha value is -1.22. The average molecular weight is 178 g/mol. The first-order valence-electron chi connectivity index (χ1n) is 4.47. The molecule has 1 aliphatic heterocycles. The number of nitrogen functional groups attached to an aromatic ring is 1. The van der Waals surface area contributed by atoms with E-state index in [0.717, 1.165) is 23.3 Å². The first-order chi connectivity index (χ1) is 6.20. The van der Waals surface area contributed by atoms with Crippen molar-refractivity contribution in [2.45, 2.75) is 19.4 Å². The Morgan fingerprint density at radius 1 is 1.46 bits per heavy atom. The van der Waals surface area contributed by atoms with Crippen LogP contribution in [0.1, 0.15) is 23.6 Å². The van der Waals surface area contributed by atoms with Gasteiger partial charge in [-0.2, -0.15) is 0 Å². The van der Waals surface area contributed by atoms with E-state index in [1.54, 1.807) is 0 Å². The van der Waals surface area contributed by atoms with Gasteiger partial charge in [0.05, 0.1) is 12.3 Å². The molecule has 0 radical (unpaired) electrons. The predicted molar refractivity (Wildman–Crippen MR) is 52.6 cm³/mol. The summed E-state index contributed by atoms with van der Waals surface area (Å²) in [4.78, 5) is 0. The summed E-state index contributed by atoms with van der Waals surface area (Å²) < 4.78 is 5.50. The molecule has 0 spiro atoms. The molecule has 0 saturated heterocycles. The maximum Gasteiger partial charge on any atom is 0.147 e. The van der Waals surface area contributed by atoms with Crippen molar-refractivity contribution in [1.82, 2.24) is 0 Å². The minimum Gasteiger partial charge on any atom is -0.491 e. The van der Waals surface area contributed by atoms with E-state index in [-0.39, 0.29) is 6.04 Å². The van der Waals surface area contributed by atoms with Gasteiger partial charge in [0.15, 0.2) is 0 Å².